The summed E-state index contributed by atoms with van der Waals surface area (Å²) >= 11 is 8.12. The molecule has 4 rings (SSSR count). The van der Waals surface area contributed by atoms with Gasteiger partial charge < -0.3 is 14.8 Å². The molecule has 1 N–H and O–H groups in total. The molecule has 6 nitrogen and oxygen atoms in total. The van der Waals surface area contributed by atoms with E-state index in [-0.39, 0.29) is 10.8 Å². The summed E-state index contributed by atoms with van der Waals surface area (Å²) in [5, 5.41) is 7.81. The maximum absolute atomic E-state index is 13.0. The first-order chi connectivity index (χ1) is 14.6. The summed E-state index contributed by atoms with van der Waals surface area (Å²) in [5.74, 6) is 1.69. The molecule has 1 aromatic heterocycles. The highest BCUT2D eigenvalue weighted by Gasteiger charge is 2.16. The maximum atomic E-state index is 13.0. The normalized spacial score (nSPS) is 16.3. The van der Waals surface area contributed by atoms with Crippen molar-refractivity contribution in [2.45, 2.75) is 5.25 Å². The number of anilines is 1. The molecule has 0 spiro atoms. The fourth-order valence-corrected chi connectivity index (χ4v) is 4.05. The van der Waals surface area contributed by atoms with Crippen LogP contribution in [0.2, 0.25) is 5.02 Å². The average molecular weight is 448 g/mol. The fourth-order valence-electron chi connectivity index (χ4n) is 2.91. The van der Waals surface area contributed by atoms with Gasteiger partial charge in [-0.1, -0.05) is 11.6 Å². The van der Waals surface area contributed by atoms with Crippen LogP contribution in [0.3, 0.4) is 0 Å². The van der Waals surface area contributed by atoms with Gasteiger partial charge in [-0.2, -0.15) is 21.5 Å². The molecule has 1 aliphatic heterocycles. The summed E-state index contributed by atoms with van der Waals surface area (Å²) in [6.45, 7) is 2.09. The van der Waals surface area contributed by atoms with Crippen LogP contribution in [0.15, 0.2) is 59.5 Å². The number of halogens is 2. The lowest BCUT2D eigenvalue weighted by Crippen LogP contribution is -2.29. The second-order valence-corrected chi connectivity index (χ2v) is 8.37. The van der Waals surface area contributed by atoms with E-state index in [1.54, 1.807) is 42.6 Å². The molecule has 30 heavy (non-hydrogen) atoms. The lowest BCUT2D eigenvalue weighted by molar-refractivity contribution is 0.145. The van der Waals surface area contributed by atoms with Crippen LogP contribution in [0, 0.1) is 5.82 Å². The van der Waals surface area contributed by atoms with Gasteiger partial charge in [0.2, 0.25) is 0 Å². The highest BCUT2D eigenvalue weighted by atomic mass is 35.5. The highest BCUT2D eigenvalue weighted by Crippen LogP contribution is 2.24. The number of ether oxygens (including phenoxy) is 2. The first kappa shape index (κ1) is 20.7. The number of hydrogen-bond donors (Lipinski definition) is 1. The van der Waals surface area contributed by atoms with E-state index < -0.39 is 5.56 Å². The standard InChI is InChI=1S/C21H19ClFN3O3S/c22-20-19(24-11-18-13-28-9-10-30-18)12-25-26(21(20)27)15-3-7-17(8-4-15)29-16-5-1-14(23)2-6-16/h1-8,12,18,24H,9-11,13H2. The smallest absolute Gasteiger partial charge is 0.292 e. The van der Waals surface area contributed by atoms with Crippen molar-refractivity contribution >= 4 is 29.1 Å². The molecule has 1 aliphatic rings. The Kier molecular flexibility index (Phi) is 6.56. The number of nitrogens with zero attached hydrogens (tertiary/aromatic N) is 2. The Morgan fingerprint density at radius 2 is 1.90 bits per heavy atom. The van der Waals surface area contributed by atoms with Crippen LogP contribution in [0.5, 0.6) is 11.5 Å². The Labute approximate surface area is 182 Å². The van der Waals surface area contributed by atoms with Crippen molar-refractivity contribution in [1.29, 1.82) is 0 Å². The number of thioether (sulfide) groups is 1. The second-order valence-electron chi connectivity index (χ2n) is 6.59. The lowest BCUT2D eigenvalue weighted by Gasteiger charge is -2.22. The van der Waals surface area contributed by atoms with Crippen LogP contribution in [-0.4, -0.2) is 40.5 Å². The summed E-state index contributed by atoms with van der Waals surface area (Å²) in [5.41, 5.74) is 0.637. The van der Waals surface area contributed by atoms with E-state index in [1.165, 1.54) is 16.8 Å². The Morgan fingerprint density at radius 3 is 2.57 bits per heavy atom. The summed E-state index contributed by atoms with van der Waals surface area (Å²) in [6.07, 6.45) is 1.54. The zero-order valence-corrected chi connectivity index (χ0v) is 17.5. The first-order valence-electron chi connectivity index (χ1n) is 9.35. The largest absolute Gasteiger partial charge is 0.457 e. The van der Waals surface area contributed by atoms with Crippen LogP contribution in [0.4, 0.5) is 10.1 Å². The van der Waals surface area contributed by atoms with Gasteiger partial charge in [-0.3, -0.25) is 4.79 Å². The SMILES string of the molecule is O=c1c(Cl)c(NCC2COCCS2)cnn1-c1ccc(Oc2ccc(F)cc2)cc1. The predicted molar refractivity (Wildman–Crippen MR) is 117 cm³/mol. The zero-order chi connectivity index (χ0) is 20.9. The summed E-state index contributed by atoms with van der Waals surface area (Å²) in [6, 6.07) is 12.5. The van der Waals surface area contributed by atoms with Gasteiger partial charge in [0, 0.05) is 17.5 Å². The third-order valence-electron chi connectivity index (χ3n) is 4.45. The molecule has 3 aromatic rings. The zero-order valence-electron chi connectivity index (χ0n) is 15.9. The van der Waals surface area contributed by atoms with Crippen LogP contribution in [-0.2, 0) is 4.74 Å². The minimum Gasteiger partial charge on any atom is -0.457 e. The van der Waals surface area contributed by atoms with E-state index in [4.69, 9.17) is 21.1 Å². The molecular weight excluding hydrogens is 429 g/mol. The van der Waals surface area contributed by atoms with E-state index in [0.717, 1.165) is 12.4 Å². The second kappa shape index (κ2) is 9.51. The van der Waals surface area contributed by atoms with Crippen molar-refractivity contribution in [3.8, 4) is 17.2 Å². The van der Waals surface area contributed by atoms with E-state index >= 15 is 0 Å². The van der Waals surface area contributed by atoms with Gasteiger partial charge in [-0.05, 0) is 48.5 Å². The van der Waals surface area contributed by atoms with Crippen LogP contribution < -0.4 is 15.6 Å². The monoisotopic (exact) mass is 447 g/mol. The molecule has 9 heteroatoms. The minimum absolute atomic E-state index is 0.0818. The van der Waals surface area contributed by atoms with Crippen molar-refractivity contribution in [2.24, 2.45) is 0 Å². The minimum atomic E-state index is -0.415. The molecule has 0 aliphatic carbocycles. The van der Waals surface area contributed by atoms with E-state index in [1.807, 2.05) is 11.8 Å². The maximum Gasteiger partial charge on any atom is 0.292 e. The average Bonchev–Trinajstić information content (AvgIpc) is 2.78. The third kappa shape index (κ3) is 4.95. The molecule has 0 bridgehead atoms. The summed E-state index contributed by atoms with van der Waals surface area (Å²) in [4.78, 5) is 12.7. The van der Waals surface area contributed by atoms with Crippen LogP contribution in [0.25, 0.3) is 5.69 Å². The molecule has 2 aromatic carbocycles. The molecule has 1 unspecified atom stereocenters. The van der Waals surface area contributed by atoms with Crippen molar-refractivity contribution in [3.63, 3.8) is 0 Å². The summed E-state index contributed by atoms with van der Waals surface area (Å²) in [7, 11) is 0. The summed E-state index contributed by atoms with van der Waals surface area (Å²) < 4.78 is 25.3. The quantitative estimate of drug-likeness (QED) is 0.605. The predicted octanol–water partition coefficient (Wildman–Crippen LogP) is 4.36. The Hall–Kier alpha value is -2.55. The number of hydrogen-bond acceptors (Lipinski definition) is 6. The molecule has 1 fully saturated rings. The molecule has 0 radical (unpaired) electrons. The Morgan fingerprint density at radius 1 is 1.20 bits per heavy atom. The highest BCUT2D eigenvalue weighted by molar-refractivity contribution is 8.00. The lowest BCUT2D eigenvalue weighted by atomic mass is 10.3. The molecule has 156 valence electrons. The van der Waals surface area contributed by atoms with E-state index in [2.05, 4.69) is 10.4 Å². The topological polar surface area (TPSA) is 65.4 Å². The molecular formula is C21H19ClFN3O3S. The molecule has 2 heterocycles. The molecule has 1 saturated heterocycles. The van der Waals surface area contributed by atoms with Gasteiger partial charge in [0.15, 0.2) is 0 Å². The van der Waals surface area contributed by atoms with Crippen LogP contribution >= 0.6 is 23.4 Å². The first-order valence-corrected chi connectivity index (χ1v) is 10.8. The van der Waals surface area contributed by atoms with Gasteiger partial charge in [-0.25, -0.2) is 4.39 Å². The van der Waals surface area contributed by atoms with Gasteiger partial charge in [0.25, 0.3) is 5.56 Å². The molecule has 0 amide bonds. The van der Waals surface area contributed by atoms with Crippen LogP contribution in [0.1, 0.15) is 0 Å². The van der Waals surface area contributed by atoms with Crippen molar-refractivity contribution in [1.82, 2.24) is 9.78 Å². The third-order valence-corrected chi connectivity index (χ3v) is 6.00. The van der Waals surface area contributed by atoms with Gasteiger partial charge in [0.1, 0.15) is 22.3 Å². The Bertz CT molecular complexity index is 1050. The van der Waals surface area contributed by atoms with Gasteiger partial charge in [0.05, 0.1) is 30.8 Å². The van der Waals surface area contributed by atoms with Crippen molar-refractivity contribution < 1.29 is 13.9 Å². The fraction of sp³-hybridized carbons (Fsp3) is 0.238. The van der Waals surface area contributed by atoms with Crippen molar-refractivity contribution in [2.75, 3.05) is 30.8 Å². The molecule has 1 atom stereocenters. The van der Waals surface area contributed by atoms with E-state index in [0.29, 0.717) is 41.3 Å². The number of benzene rings is 2. The number of nitrogens with one attached hydrogen (secondary N) is 1. The molecule has 0 saturated carbocycles. The Balaban J connectivity index is 1.46. The van der Waals surface area contributed by atoms with Gasteiger partial charge >= 0.3 is 0 Å². The number of rotatable bonds is 6. The number of aromatic nitrogens is 2. The van der Waals surface area contributed by atoms with E-state index in [9.17, 15) is 9.18 Å². The van der Waals surface area contributed by atoms with Gasteiger partial charge in [-0.15, -0.1) is 0 Å². The van der Waals surface area contributed by atoms with Crippen molar-refractivity contribution in [3.05, 3.63) is 75.9 Å².